The molecule has 248 valence electrons. The zero-order chi connectivity index (χ0) is 32.1. The smallest absolute Gasteiger partial charge is 0.463 e. The summed E-state index contributed by atoms with van der Waals surface area (Å²) in [5, 5.41) is 9.87. The molecule has 2 unspecified atom stereocenters. The van der Waals surface area contributed by atoms with E-state index >= 15 is 0 Å². The summed E-state index contributed by atoms with van der Waals surface area (Å²) in [6.45, 7) is 1.99. The molecule has 0 bridgehead atoms. The standard InChI is InChI=1S/C34H60NO7P/c1-5-6-7-8-9-10-11-12-13-14-15-16-17-18-19-20-21-22-23-24-25-26-27-28-34(37)40-31-33(36)32-42-43(38,39)41-30-29-35(2,3)4/h6-7,9-10,12-13,15-16,18-19,33,36H,5,8,11,14,17,20-32H2,1-4H3/p+1/b7-6-,10-9-,13-12-,16-15-,19-18-. The largest absolute Gasteiger partial charge is 0.472 e. The molecule has 0 spiro atoms. The van der Waals surface area contributed by atoms with Gasteiger partial charge in [0.1, 0.15) is 25.9 Å². The zero-order valence-corrected chi connectivity index (χ0v) is 28.3. The number of nitrogens with zero attached hydrogens (tertiary/aromatic N) is 1. The Morgan fingerprint density at radius 3 is 1.74 bits per heavy atom. The van der Waals surface area contributed by atoms with Gasteiger partial charge < -0.3 is 19.2 Å². The first kappa shape index (κ1) is 41.2. The first-order chi connectivity index (χ1) is 20.6. The first-order valence-electron chi connectivity index (χ1n) is 16.1. The number of hydrogen-bond acceptors (Lipinski definition) is 6. The molecule has 0 fully saturated rings. The fourth-order valence-electron chi connectivity index (χ4n) is 3.74. The lowest BCUT2D eigenvalue weighted by Crippen LogP contribution is -2.37. The zero-order valence-electron chi connectivity index (χ0n) is 27.4. The molecule has 0 rings (SSSR count). The molecule has 0 saturated carbocycles. The number of carbonyl (C=O) groups excluding carboxylic acids is 1. The van der Waals surface area contributed by atoms with Gasteiger partial charge in [-0.3, -0.25) is 13.8 Å². The topological polar surface area (TPSA) is 102 Å². The van der Waals surface area contributed by atoms with Crippen LogP contribution in [0.15, 0.2) is 60.8 Å². The van der Waals surface area contributed by atoms with E-state index < -0.39 is 20.5 Å². The van der Waals surface area contributed by atoms with E-state index in [0.29, 0.717) is 17.4 Å². The van der Waals surface area contributed by atoms with Crippen LogP contribution in [0.2, 0.25) is 0 Å². The summed E-state index contributed by atoms with van der Waals surface area (Å²) in [7, 11) is 1.54. The van der Waals surface area contributed by atoms with Crippen LogP contribution in [0, 0.1) is 0 Å². The monoisotopic (exact) mass is 626 g/mol. The highest BCUT2D eigenvalue weighted by atomic mass is 31.2. The highest BCUT2D eigenvalue weighted by Gasteiger charge is 2.24. The summed E-state index contributed by atoms with van der Waals surface area (Å²) in [4.78, 5) is 21.5. The van der Waals surface area contributed by atoms with Gasteiger partial charge in [0.25, 0.3) is 0 Å². The fraction of sp³-hybridized carbons (Fsp3) is 0.676. The Hall–Kier alpha value is -1.80. The summed E-state index contributed by atoms with van der Waals surface area (Å²) in [5.74, 6) is -0.387. The van der Waals surface area contributed by atoms with Crippen molar-refractivity contribution in [2.24, 2.45) is 0 Å². The summed E-state index contributed by atoms with van der Waals surface area (Å²) < 4.78 is 27.1. The molecule has 0 aliphatic heterocycles. The number of ether oxygens (including phenoxy) is 1. The molecule has 9 heteroatoms. The molecule has 0 aromatic carbocycles. The second-order valence-electron chi connectivity index (χ2n) is 11.7. The van der Waals surface area contributed by atoms with Crippen molar-refractivity contribution in [2.75, 3.05) is 47.5 Å². The average Bonchev–Trinajstić information content (AvgIpc) is 2.94. The van der Waals surface area contributed by atoms with Crippen molar-refractivity contribution in [3.05, 3.63) is 60.8 Å². The Bertz CT molecular complexity index is 874. The highest BCUT2D eigenvalue weighted by Crippen LogP contribution is 2.43. The molecule has 0 aromatic rings. The maximum absolute atomic E-state index is 11.9. The van der Waals surface area contributed by atoms with Crippen LogP contribution in [0.4, 0.5) is 0 Å². The van der Waals surface area contributed by atoms with Gasteiger partial charge in [-0.1, -0.05) is 99.8 Å². The van der Waals surface area contributed by atoms with E-state index in [1.165, 1.54) is 19.3 Å². The highest BCUT2D eigenvalue weighted by molar-refractivity contribution is 7.47. The molecular weight excluding hydrogens is 565 g/mol. The molecular formula is C34H61NO7P+. The lowest BCUT2D eigenvalue weighted by Gasteiger charge is -2.24. The van der Waals surface area contributed by atoms with Gasteiger partial charge in [0.05, 0.1) is 27.7 Å². The minimum atomic E-state index is -4.25. The molecule has 0 amide bonds. The van der Waals surface area contributed by atoms with Crippen LogP contribution in [0.25, 0.3) is 0 Å². The van der Waals surface area contributed by atoms with Crippen molar-refractivity contribution in [2.45, 2.75) is 103 Å². The lowest BCUT2D eigenvalue weighted by atomic mass is 10.1. The molecule has 0 saturated heterocycles. The number of hydrogen-bond donors (Lipinski definition) is 2. The van der Waals surface area contributed by atoms with Crippen molar-refractivity contribution in [3.8, 4) is 0 Å². The Labute approximate surface area is 262 Å². The van der Waals surface area contributed by atoms with E-state index in [-0.39, 0.29) is 19.2 Å². The second kappa shape index (κ2) is 27.7. The third-order valence-electron chi connectivity index (χ3n) is 6.29. The number of phosphoric acid groups is 1. The third-order valence-corrected chi connectivity index (χ3v) is 7.28. The summed E-state index contributed by atoms with van der Waals surface area (Å²) in [6.07, 6.45) is 35.1. The Morgan fingerprint density at radius 1 is 0.721 bits per heavy atom. The van der Waals surface area contributed by atoms with E-state index in [4.69, 9.17) is 13.8 Å². The summed E-state index contributed by atoms with van der Waals surface area (Å²) >= 11 is 0. The molecule has 2 atom stereocenters. The molecule has 0 aliphatic rings. The van der Waals surface area contributed by atoms with Gasteiger partial charge in [0.2, 0.25) is 0 Å². The Balaban J connectivity index is 3.59. The second-order valence-corrected chi connectivity index (χ2v) is 13.1. The minimum Gasteiger partial charge on any atom is -0.463 e. The van der Waals surface area contributed by atoms with Crippen molar-refractivity contribution in [1.82, 2.24) is 0 Å². The van der Waals surface area contributed by atoms with Crippen molar-refractivity contribution in [3.63, 3.8) is 0 Å². The van der Waals surface area contributed by atoms with Gasteiger partial charge >= 0.3 is 13.8 Å². The lowest BCUT2D eigenvalue weighted by molar-refractivity contribution is -0.870. The number of likely N-dealkylation sites (N-methyl/N-ethyl adjacent to an activating group) is 1. The van der Waals surface area contributed by atoms with E-state index in [1.54, 1.807) is 0 Å². The van der Waals surface area contributed by atoms with Gasteiger partial charge in [0.15, 0.2) is 0 Å². The number of carbonyl (C=O) groups is 1. The molecule has 0 radical (unpaired) electrons. The first-order valence-corrected chi connectivity index (χ1v) is 17.6. The minimum absolute atomic E-state index is 0.0491. The molecule has 0 aromatic heterocycles. The number of phosphoric ester groups is 1. The summed E-state index contributed by atoms with van der Waals surface area (Å²) in [5.41, 5.74) is 0. The summed E-state index contributed by atoms with van der Waals surface area (Å²) in [6, 6.07) is 0. The van der Waals surface area contributed by atoms with Crippen molar-refractivity contribution >= 4 is 13.8 Å². The Kier molecular flexibility index (Phi) is 26.6. The SMILES string of the molecule is CC/C=C\C/C=C\C/C=C\C/C=C\C/C=C\CCCCCCCCCC(=O)OCC(O)COP(=O)(O)OCC[N+](C)(C)C. The maximum atomic E-state index is 11.9. The molecule has 0 heterocycles. The van der Waals surface area contributed by atoms with Crippen LogP contribution in [-0.4, -0.2) is 74.1 Å². The van der Waals surface area contributed by atoms with E-state index in [9.17, 15) is 19.4 Å². The third kappa shape index (κ3) is 32.9. The van der Waals surface area contributed by atoms with Gasteiger partial charge in [-0.05, 0) is 51.4 Å². The number of quaternary nitrogens is 1. The van der Waals surface area contributed by atoms with E-state index in [2.05, 4.69) is 67.7 Å². The molecule has 8 nitrogen and oxygen atoms in total. The predicted octanol–water partition coefficient (Wildman–Crippen LogP) is 7.99. The van der Waals surface area contributed by atoms with Crippen LogP contribution in [0.1, 0.15) is 96.8 Å². The van der Waals surface area contributed by atoms with Gasteiger partial charge in [0, 0.05) is 6.42 Å². The van der Waals surface area contributed by atoms with Crippen LogP contribution in [0.3, 0.4) is 0 Å². The van der Waals surface area contributed by atoms with Crippen molar-refractivity contribution in [1.29, 1.82) is 0 Å². The quantitative estimate of drug-likeness (QED) is 0.0298. The van der Waals surface area contributed by atoms with Gasteiger partial charge in [-0.2, -0.15) is 0 Å². The molecule has 0 aliphatic carbocycles. The number of rotatable bonds is 28. The average molecular weight is 627 g/mol. The number of unbranched alkanes of at least 4 members (excludes halogenated alkanes) is 7. The number of aliphatic hydroxyl groups is 1. The number of aliphatic hydroxyl groups excluding tert-OH is 1. The van der Waals surface area contributed by atoms with Crippen LogP contribution in [0.5, 0.6) is 0 Å². The van der Waals surface area contributed by atoms with E-state index in [0.717, 1.165) is 64.2 Å². The molecule has 43 heavy (non-hydrogen) atoms. The Morgan fingerprint density at radius 2 is 1.21 bits per heavy atom. The van der Waals surface area contributed by atoms with Gasteiger partial charge in [-0.15, -0.1) is 0 Å². The fourth-order valence-corrected chi connectivity index (χ4v) is 4.49. The van der Waals surface area contributed by atoms with Crippen LogP contribution in [-0.2, 0) is 23.1 Å². The molecule has 2 N–H and O–H groups in total. The number of esters is 1. The predicted molar refractivity (Wildman–Crippen MR) is 178 cm³/mol. The van der Waals surface area contributed by atoms with Gasteiger partial charge in [-0.25, -0.2) is 4.57 Å². The number of allylic oxidation sites excluding steroid dienone is 10. The van der Waals surface area contributed by atoms with E-state index in [1.807, 2.05) is 21.1 Å². The normalized spacial score (nSPS) is 15.0. The maximum Gasteiger partial charge on any atom is 0.472 e. The van der Waals surface area contributed by atoms with Crippen LogP contribution >= 0.6 is 7.82 Å². The van der Waals surface area contributed by atoms with Crippen molar-refractivity contribution < 1.29 is 37.6 Å². The van der Waals surface area contributed by atoms with Crippen LogP contribution < -0.4 is 0 Å².